The van der Waals surface area contributed by atoms with E-state index in [1.807, 2.05) is 23.9 Å². The standard InChI is InChI=1S/C11H15ClN2S/c1-15-11(4-2-5-11)8-14-9-3-6-13-10(12)7-9/h3,6-7H,2,4-5,8H2,1H3,(H,13,14). The first-order valence-corrected chi connectivity index (χ1v) is 6.75. The van der Waals surface area contributed by atoms with Gasteiger partial charge in [-0.15, -0.1) is 0 Å². The second-order valence-electron chi connectivity index (χ2n) is 3.96. The molecule has 15 heavy (non-hydrogen) atoms. The first-order chi connectivity index (χ1) is 7.24. The zero-order valence-electron chi connectivity index (χ0n) is 8.79. The van der Waals surface area contributed by atoms with Gasteiger partial charge in [-0.05, 0) is 31.2 Å². The second-order valence-corrected chi connectivity index (χ2v) is 5.62. The number of anilines is 1. The van der Waals surface area contributed by atoms with Gasteiger partial charge in [0.1, 0.15) is 5.15 Å². The molecule has 1 saturated carbocycles. The van der Waals surface area contributed by atoms with E-state index in [2.05, 4.69) is 16.6 Å². The van der Waals surface area contributed by atoms with Gasteiger partial charge in [0, 0.05) is 23.2 Å². The maximum absolute atomic E-state index is 5.82. The molecule has 0 aromatic carbocycles. The van der Waals surface area contributed by atoms with Gasteiger partial charge in [0.25, 0.3) is 0 Å². The number of rotatable bonds is 4. The van der Waals surface area contributed by atoms with Crippen LogP contribution in [0.15, 0.2) is 18.3 Å². The second kappa shape index (κ2) is 4.62. The minimum absolute atomic E-state index is 0.454. The summed E-state index contributed by atoms with van der Waals surface area (Å²) < 4.78 is 0.454. The van der Waals surface area contributed by atoms with E-state index >= 15 is 0 Å². The van der Waals surface area contributed by atoms with Gasteiger partial charge >= 0.3 is 0 Å². The third-order valence-corrected chi connectivity index (χ3v) is 4.66. The van der Waals surface area contributed by atoms with Crippen LogP contribution in [0.3, 0.4) is 0 Å². The summed E-state index contributed by atoms with van der Waals surface area (Å²) in [5, 5.41) is 3.98. The van der Waals surface area contributed by atoms with Crippen LogP contribution in [0.4, 0.5) is 5.69 Å². The minimum atomic E-state index is 0.454. The van der Waals surface area contributed by atoms with Crippen molar-refractivity contribution in [2.24, 2.45) is 0 Å². The molecule has 2 nitrogen and oxygen atoms in total. The Hall–Kier alpha value is -0.410. The number of thioether (sulfide) groups is 1. The Morgan fingerprint density at radius 3 is 2.93 bits per heavy atom. The molecule has 1 heterocycles. The lowest BCUT2D eigenvalue weighted by molar-refractivity contribution is 0.380. The molecule has 0 radical (unpaired) electrons. The average molecular weight is 243 g/mol. The highest BCUT2D eigenvalue weighted by Gasteiger charge is 2.35. The SMILES string of the molecule is CSC1(CNc2ccnc(Cl)c2)CCC1. The molecule has 0 unspecified atom stereocenters. The predicted octanol–water partition coefficient (Wildman–Crippen LogP) is 3.43. The first-order valence-electron chi connectivity index (χ1n) is 5.15. The van der Waals surface area contributed by atoms with Crippen LogP contribution >= 0.6 is 23.4 Å². The Labute approximate surface area is 99.8 Å². The molecule has 0 spiro atoms. The molecule has 1 fully saturated rings. The zero-order chi connectivity index (χ0) is 10.7. The highest BCUT2D eigenvalue weighted by atomic mass is 35.5. The number of aromatic nitrogens is 1. The van der Waals surface area contributed by atoms with Crippen LogP contribution in [0.5, 0.6) is 0 Å². The smallest absolute Gasteiger partial charge is 0.131 e. The summed E-state index contributed by atoms with van der Waals surface area (Å²) in [4.78, 5) is 3.96. The lowest BCUT2D eigenvalue weighted by Gasteiger charge is -2.40. The van der Waals surface area contributed by atoms with Gasteiger partial charge in [-0.25, -0.2) is 4.98 Å². The molecule has 1 N–H and O–H groups in total. The molecule has 82 valence electrons. The Morgan fingerprint density at radius 1 is 1.60 bits per heavy atom. The Kier molecular flexibility index (Phi) is 3.42. The van der Waals surface area contributed by atoms with Crippen LogP contribution in [0, 0.1) is 0 Å². The number of hydrogen-bond donors (Lipinski definition) is 1. The molecule has 0 bridgehead atoms. The van der Waals surface area contributed by atoms with Gasteiger partial charge in [-0.3, -0.25) is 0 Å². The maximum Gasteiger partial charge on any atom is 0.131 e. The number of halogens is 1. The van der Waals surface area contributed by atoms with Gasteiger partial charge in [0.2, 0.25) is 0 Å². The molecule has 1 aromatic heterocycles. The number of nitrogens with zero attached hydrogens (tertiary/aromatic N) is 1. The highest BCUT2D eigenvalue weighted by Crippen LogP contribution is 2.42. The van der Waals surface area contributed by atoms with Crippen LogP contribution in [0.1, 0.15) is 19.3 Å². The molecule has 0 saturated heterocycles. The van der Waals surface area contributed by atoms with Crippen LogP contribution in [-0.4, -0.2) is 22.5 Å². The molecule has 4 heteroatoms. The van der Waals surface area contributed by atoms with Gasteiger partial charge in [0.15, 0.2) is 0 Å². The van der Waals surface area contributed by atoms with Gasteiger partial charge in [-0.2, -0.15) is 11.8 Å². The maximum atomic E-state index is 5.82. The van der Waals surface area contributed by atoms with Gasteiger partial charge in [0.05, 0.1) is 0 Å². The molecule has 2 rings (SSSR count). The monoisotopic (exact) mass is 242 g/mol. The molecular weight excluding hydrogens is 228 g/mol. The summed E-state index contributed by atoms with van der Waals surface area (Å²) in [6.45, 7) is 1.02. The summed E-state index contributed by atoms with van der Waals surface area (Å²) in [5.41, 5.74) is 1.07. The van der Waals surface area contributed by atoms with Crippen molar-refractivity contribution in [2.75, 3.05) is 18.1 Å². The van der Waals surface area contributed by atoms with Crippen LogP contribution in [-0.2, 0) is 0 Å². The molecule has 1 aliphatic rings. The van der Waals surface area contributed by atoms with Crippen LogP contribution in [0.2, 0.25) is 5.15 Å². The number of pyridine rings is 1. The van der Waals surface area contributed by atoms with E-state index in [0.717, 1.165) is 12.2 Å². The Morgan fingerprint density at radius 2 is 2.40 bits per heavy atom. The molecule has 1 aromatic rings. The lowest BCUT2D eigenvalue weighted by Crippen LogP contribution is -2.40. The Balaban J connectivity index is 1.92. The van der Waals surface area contributed by atoms with E-state index in [0.29, 0.717) is 9.90 Å². The van der Waals surface area contributed by atoms with E-state index in [-0.39, 0.29) is 0 Å². The fourth-order valence-corrected chi connectivity index (χ4v) is 2.89. The van der Waals surface area contributed by atoms with Crippen molar-refractivity contribution >= 4 is 29.1 Å². The topological polar surface area (TPSA) is 24.9 Å². The number of nitrogens with one attached hydrogen (secondary N) is 1. The Bertz CT molecular complexity index is 334. The molecule has 0 amide bonds. The normalized spacial score (nSPS) is 18.3. The van der Waals surface area contributed by atoms with E-state index < -0.39 is 0 Å². The van der Waals surface area contributed by atoms with Crippen molar-refractivity contribution in [3.8, 4) is 0 Å². The van der Waals surface area contributed by atoms with Gasteiger partial charge in [-0.1, -0.05) is 18.0 Å². The number of hydrogen-bond acceptors (Lipinski definition) is 3. The van der Waals surface area contributed by atoms with Crippen LogP contribution in [0.25, 0.3) is 0 Å². The fourth-order valence-electron chi connectivity index (χ4n) is 1.80. The van der Waals surface area contributed by atoms with Crippen molar-refractivity contribution in [1.29, 1.82) is 0 Å². The summed E-state index contributed by atoms with van der Waals surface area (Å²) in [6.07, 6.45) is 7.93. The fraction of sp³-hybridized carbons (Fsp3) is 0.545. The van der Waals surface area contributed by atoms with Crippen molar-refractivity contribution in [3.63, 3.8) is 0 Å². The quantitative estimate of drug-likeness (QED) is 0.819. The largest absolute Gasteiger partial charge is 0.384 e. The summed E-state index contributed by atoms with van der Waals surface area (Å²) >= 11 is 7.79. The van der Waals surface area contributed by atoms with Crippen LogP contribution < -0.4 is 5.32 Å². The predicted molar refractivity (Wildman–Crippen MR) is 67.8 cm³/mol. The van der Waals surface area contributed by atoms with E-state index in [4.69, 9.17) is 11.6 Å². The van der Waals surface area contributed by atoms with E-state index in [1.54, 1.807) is 6.20 Å². The molecule has 1 aliphatic carbocycles. The molecule has 0 aliphatic heterocycles. The zero-order valence-corrected chi connectivity index (χ0v) is 10.4. The van der Waals surface area contributed by atoms with Gasteiger partial charge < -0.3 is 5.32 Å². The third-order valence-electron chi connectivity index (χ3n) is 3.04. The molecular formula is C11H15ClN2S. The highest BCUT2D eigenvalue weighted by molar-refractivity contribution is 8.00. The first kappa shape index (κ1) is 11.1. The summed E-state index contributed by atoms with van der Waals surface area (Å²) in [5.74, 6) is 0. The minimum Gasteiger partial charge on any atom is -0.384 e. The summed E-state index contributed by atoms with van der Waals surface area (Å²) in [7, 11) is 0. The lowest BCUT2D eigenvalue weighted by atomic mass is 9.84. The van der Waals surface area contributed by atoms with E-state index in [9.17, 15) is 0 Å². The average Bonchev–Trinajstić information content (AvgIpc) is 2.17. The van der Waals surface area contributed by atoms with Crippen molar-refractivity contribution in [1.82, 2.24) is 4.98 Å². The van der Waals surface area contributed by atoms with Crippen molar-refractivity contribution in [2.45, 2.75) is 24.0 Å². The van der Waals surface area contributed by atoms with Crippen molar-refractivity contribution in [3.05, 3.63) is 23.5 Å². The van der Waals surface area contributed by atoms with Crippen molar-refractivity contribution < 1.29 is 0 Å². The molecule has 0 atom stereocenters. The summed E-state index contributed by atoms with van der Waals surface area (Å²) in [6, 6.07) is 3.83. The third kappa shape index (κ3) is 2.58. The van der Waals surface area contributed by atoms with E-state index in [1.165, 1.54) is 19.3 Å².